The zero-order chi connectivity index (χ0) is 19.0. The molecule has 0 amide bonds. The molecule has 0 aromatic heterocycles. The van der Waals surface area contributed by atoms with E-state index in [9.17, 15) is 16.8 Å². The van der Waals surface area contributed by atoms with Crippen molar-refractivity contribution in [3.63, 3.8) is 0 Å². The highest BCUT2D eigenvalue weighted by atomic mass is 32.2. The lowest BCUT2D eigenvalue weighted by Gasteiger charge is -2.14. The second kappa shape index (κ2) is 6.80. The first-order valence-corrected chi connectivity index (χ1v) is 11.1. The van der Waals surface area contributed by atoms with E-state index in [1.54, 1.807) is 26.0 Å². The molecule has 0 saturated heterocycles. The molecule has 0 aliphatic heterocycles. The molecule has 0 aliphatic carbocycles. The summed E-state index contributed by atoms with van der Waals surface area (Å²) in [6, 6.07) is 9.42. The largest absolute Gasteiger partial charge is 0.379 e. The molecule has 0 aliphatic rings. The summed E-state index contributed by atoms with van der Waals surface area (Å²) in [7, 11) is -7.68. The Morgan fingerprint density at radius 1 is 0.880 bits per heavy atom. The minimum atomic E-state index is -4.16. The van der Waals surface area contributed by atoms with Crippen molar-refractivity contribution in [1.82, 2.24) is 0 Å². The topological polar surface area (TPSA) is 77.5 Å². The van der Waals surface area contributed by atoms with Gasteiger partial charge < -0.3 is 4.18 Å². The summed E-state index contributed by atoms with van der Waals surface area (Å²) in [5.41, 5.74) is 2.06. The molecule has 2 aromatic carbocycles. The van der Waals surface area contributed by atoms with Crippen LogP contribution in [0, 0.1) is 13.8 Å². The van der Waals surface area contributed by atoms with Crippen LogP contribution in [-0.4, -0.2) is 23.1 Å². The Kier molecular flexibility index (Phi) is 5.30. The van der Waals surface area contributed by atoms with Crippen molar-refractivity contribution in [2.45, 2.75) is 43.4 Å². The summed E-state index contributed by atoms with van der Waals surface area (Å²) < 4.78 is 54.2. The first-order chi connectivity index (χ1) is 11.4. The number of hydrogen-bond donors (Lipinski definition) is 0. The number of hydrogen-bond acceptors (Lipinski definition) is 5. The SMILES string of the molecule is Cc1ccc(C(C)C)cc1OS(=O)(=O)c1cc(S(C)(=O)=O)ccc1C. The Morgan fingerprint density at radius 3 is 2.04 bits per heavy atom. The van der Waals surface area contributed by atoms with Gasteiger partial charge >= 0.3 is 10.1 Å². The van der Waals surface area contributed by atoms with Crippen molar-refractivity contribution in [2.24, 2.45) is 0 Å². The van der Waals surface area contributed by atoms with E-state index in [4.69, 9.17) is 4.18 Å². The van der Waals surface area contributed by atoms with Gasteiger partial charge in [0.05, 0.1) is 4.90 Å². The van der Waals surface area contributed by atoms with Crippen molar-refractivity contribution in [2.75, 3.05) is 6.26 Å². The molecule has 0 spiro atoms. The number of rotatable bonds is 5. The maximum Gasteiger partial charge on any atom is 0.339 e. The summed E-state index contributed by atoms with van der Waals surface area (Å²) in [5.74, 6) is 0.469. The van der Waals surface area contributed by atoms with Gasteiger partial charge in [-0.15, -0.1) is 0 Å². The van der Waals surface area contributed by atoms with E-state index in [-0.39, 0.29) is 21.5 Å². The molecule has 0 heterocycles. The lowest BCUT2D eigenvalue weighted by Crippen LogP contribution is -2.13. The molecule has 0 unspecified atom stereocenters. The van der Waals surface area contributed by atoms with Gasteiger partial charge in [-0.05, 0) is 54.7 Å². The molecule has 2 rings (SSSR count). The Hall–Kier alpha value is -1.86. The lowest BCUT2D eigenvalue weighted by molar-refractivity contribution is 0.483. The number of aryl methyl sites for hydroxylation is 2. The van der Waals surface area contributed by atoms with E-state index >= 15 is 0 Å². The molecule has 2 aromatic rings. The Bertz CT molecular complexity index is 1000. The third-order valence-corrected chi connectivity index (χ3v) is 6.42. The second-order valence-electron chi connectivity index (χ2n) is 6.42. The van der Waals surface area contributed by atoms with Crippen LogP contribution >= 0.6 is 0 Å². The normalized spacial score (nSPS) is 12.4. The summed E-state index contributed by atoms with van der Waals surface area (Å²) >= 11 is 0. The minimum Gasteiger partial charge on any atom is -0.379 e. The van der Waals surface area contributed by atoms with Crippen LogP contribution in [0.25, 0.3) is 0 Å². The average Bonchev–Trinajstić information content (AvgIpc) is 2.48. The molecule has 0 bridgehead atoms. The quantitative estimate of drug-likeness (QED) is 0.739. The van der Waals surface area contributed by atoms with Crippen LogP contribution in [0.15, 0.2) is 46.2 Å². The van der Waals surface area contributed by atoms with E-state index in [1.165, 1.54) is 12.1 Å². The van der Waals surface area contributed by atoms with Crippen LogP contribution in [-0.2, 0) is 20.0 Å². The van der Waals surface area contributed by atoms with E-state index in [1.807, 2.05) is 19.9 Å². The monoisotopic (exact) mass is 382 g/mol. The van der Waals surface area contributed by atoms with Gasteiger partial charge in [-0.2, -0.15) is 8.42 Å². The molecular weight excluding hydrogens is 360 g/mol. The molecule has 0 fully saturated rings. The Balaban J connectivity index is 2.52. The highest BCUT2D eigenvalue weighted by Gasteiger charge is 2.23. The van der Waals surface area contributed by atoms with E-state index < -0.39 is 20.0 Å². The van der Waals surface area contributed by atoms with Crippen molar-refractivity contribution in [3.05, 3.63) is 53.1 Å². The number of benzene rings is 2. The zero-order valence-electron chi connectivity index (χ0n) is 14.9. The van der Waals surface area contributed by atoms with Crippen LogP contribution in [0.1, 0.15) is 36.5 Å². The molecule has 136 valence electrons. The smallest absolute Gasteiger partial charge is 0.339 e. The predicted octanol–water partition coefficient (Wildman–Crippen LogP) is 3.60. The number of sulfone groups is 1. The molecule has 7 heteroatoms. The fraction of sp³-hybridized carbons (Fsp3) is 0.333. The third kappa shape index (κ3) is 4.41. The highest BCUT2D eigenvalue weighted by molar-refractivity contribution is 7.90. The van der Waals surface area contributed by atoms with E-state index in [0.29, 0.717) is 11.1 Å². The van der Waals surface area contributed by atoms with Crippen LogP contribution in [0.5, 0.6) is 5.75 Å². The van der Waals surface area contributed by atoms with Crippen molar-refractivity contribution in [1.29, 1.82) is 0 Å². The van der Waals surface area contributed by atoms with Crippen LogP contribution in [0.3, 0.4) is 0 Å². The van der Waals surface area contributed by atoms with Crippen LogP contribution in [0.2, 0.25) is 0 Å². The summed E-state index contributed by atoms with van der Waals surface area (Å²) in [6.45, 7) is 7.36. The van der Waals surface area contributed by atoms with Gasteiger partial charge in [0.1, 0.15) is 10.6 Å². The Labute approximate surface area is 149 Å². The molecule has 5 nitrogen and oxygen atoms in total. The molecule has 0 N–H and O–H groups in total. The highest BCUT2D eigenvalue weighted by Crippen LogP contribution is 2.29. The van der Waals surface area contributed by atoms with Crippen molar-refractivity contribution in [3.8, 4) is 5.75 Å². The lowest BCUT2D eigenvalue weighted by atomic mass is 10.0. The summed E-state index contributed by atoms with van der Waals surface area (Å²) in [6.07, 6.45) is 1.03. The average molecular weight is 383 g/mol. The molecule has 25 heavy (non-hydrogen) atoms. The maximum absolute atomic E-state index is 12.7. The van der Waals surface area contributed by atoms with E-state index in [2.05, 4.69) is 0 Å². The van der Waals surface area contributed by atoms with Crippen LogP contribution in [0.4, 0.5) is 0 Å². The first kappa shape index (κ1) is 19.5. The van der Waals surface area contributed by atoms with Crippen LogP contribution < -0.4 is 4.18 Å². The van der Waals surface area contributed by atoms with Crippen molar-refractivity contribution >= 4 is 20.0 Å². The predicted molar refractivity (Wildman–Crippen MR) is 97.4 cm³/mol. The molecular formula is C18H22O5S2. The van der Waals surface area contributed by atoms with Gasteiger partial charge in [-0.25, -0.2) is 8.42 Å². The Morgan fingerprint density at radius 2 is 1.48 bits per heavy atom. The maximum atomic E-state index is 12.7. The van der Waals surface area contributed by atoms with Gasteiger partial charge in [0, 0.05) is 6.26 Å². The molecule has 0 saturated carbocycles. The van der Waals surface area contributed by atoms with E-state index in [0.717, 1.165) is 17.9 Å². The van der Waals surface area contributed by atoms with Gasteiger partial charge in [-0.3, -0.25) is 0 Å². The third-order valence-electron chi connectivity index (χ3n) is 3.94. The fourth-order valence-corrected chi connectivity index (χ4v) is 4.27. The molecule has 0 atom stereocenters. The summed E-state index contributed by atoms with van der Waals surface area (Å²) in [4.78, 5) is -0.210. The zero-order valence-corrected chi connectivity index (χ0v) is 16.5. The summed E-state index contributed by atoms with van der Waals surface area (Å²) in [5, 5.41) is 0. The van der Waals surface area contributed by atoms with Gasteiger partial charge in [0.25, 0.3) is 0 Å². The standard InChI is InChI=1S/C18H22O5S2/c1-12(2)15-8-6-13(3)17(10-15)23-25(21,22)18-11-16(24(5,19)20)9-7-14(18)4/h6-12H,1-5H3. The van der Waals surface area contributed by atoms with Gasteiger partial charge in [-0.1, -0.05) is 32.0 Å². The second-order valence-corrected chi connectivity index (χ2v) is 9.95. The molecule has 0 radical (unpaired) electrons. The first-order valence-electron chi connectivity index (χ1n) is 7.77. The fourth-order valence-electron chi connectivity index (χ4n) is 2.31. The minimum absolute atomic E-state index is 0.0621. The van der Waals surface area contributed by atoms with Gasteiger partial charge in [0.15, 0.2) is 9.84 Å². The van der Waals surface area contributed by atoms with Crippen molar-refractivity contribution < 1.29 is 21.0 Å². The van der Waals surface area contributed by atoms with Gasteiger partial charge in [0.2, 0.25) is 0 Å².